The molecule has 3 amide bonds. The summed E-state index contributed by atoms with van der Waals surface area (Å²) in [6.07, 6.45) is 0.991. The van der Waals surface area contributed by atoms with E-state index in [1.807, 2.05) is 0 Å². The maximum absolute atomic E-state index is 13.3. The first-order valence-corrected chi connectivity index (χ1v) is 11.9. The van der Waals surface area contributed by atoms with Gasteiger partial charge in [0.2, 0.25) is 5.91 Å². The minimum Gasteiger partial charge on any atom is -0.452 e. The van der Waals surface area contributed by atoms with Crippen LogP contribution in [0.2, 0.25) is 5.02 Å². The summed E-state index contributed by atoms with van der Waals surface area (Å²) >= 11 is 16.3. The molecule has 1 unspecified atom stereocenters. The highest BCUT2D eigenvalue weighted by Gasteiger charge is 2.35. The standard InChI is InChI=1S/C19H16Br3ClN6O4/c1-28(27-19(32)33-2)18(31)10-6-9(20)7-11(21)15(10)25-17(30)13-8-14(22)26-29(13)16-12(23)4-3-5-24-16/h3-7,13H,8H2,1-2H3,(H,25,30)(H,27,32). The molecule has 0 saturated heterocycles. The number of nitrogens with zero attached hydrogens (tertiary/aromatic N) is 4. The Bertz CT molecular complexity index is 1150. The molecule has 14 heteroatoms. The Hall–Kier alpha value is -2.22. The fourth-order valence-electron chi connectivity index (χ4n) is 2.91. The Morgan fingerprint density at radius 2 is 2.00 bits per heavy atom. The zero-order valence-electron chi connectivity index (χ0n) is 17.1. The molecule has 174 valence electrons. The van der Waals surface area contributed by atoms with Crippen molar-refractivity contribution in [2.45, 2.75) is 12.5 Å². The second-order valence-corrected chi connectivity index (χ2v) is 9.71. The molecule has 0 spiro atoms. The van der Waals surface area contributed by atoms with Crippen LogP contribution in [0.4, 0.5) is 16.3 Å². The summed E-state index contributed by atoms with van der Waals surface area (Å²) in [6.45, 7) is 0. The molecule has 3 rings (SSSR count). The molecule has 0 saturated carbocycles. The van der Waals surface area contributed by atoms with Gasteiger partial charge in [-0.15, -0.1) is 0 Å². The number of anilines is 2. The van der Waals surface area contributed by atoms with Gasteiger partial charge >= 0.3 is 6.09 Å². The highest BCUT2D eigenvalue weighted by Crippen LogP contribution is 2.34. The van der Waals surface area contributed by atoms with Crippen molar-refractivity contribution in [1.29, 1.82) is 0 Å². The molecule has 1 aromatic carbocycles. The number of pyridine rings is 1. The molecule has 2 N–H and O–H groups in total. The molecule has 2 aromatic rings. The van der Waals surface area contributed by atoms with Gasteiger partial charge in [-0.3, -0.25) is 14.6 Å². The van der Waals surface area contributed by atoms with Gasteiger partial charge in [-0.25, -0.2) is 20.2 Å². The Morgan fingerprint density at radius 1 is 1.27 bits per heavy atom. The highest BCUT2D eigenvalue weighted by molar-refractivity contribution is 9.18. The van der Waals surface area contributed by atoms with Crippen molar-refractivity contribution in [1.82, 2.24) is 15.4 Å². The first-order chi connectivity index (χ1) is 15.6. The molecule has 0 aliphatic carbocycles. The average Bonchev–Trinajstić information content (AvgIpc) is 3.16. The number of halogens is 4. The molecule has 10 nitrogen and oxygen atoms in total. The zero-order valence-corrected chi connectivity index (χ0v) is 22.6. The monoisotopic (exact) mass is 664 g/mol. The summed E-state index contributed by atoms with van der Waals surface area (Å²) in [5.41, 5.74) is 2.59. The van der Waals surface area contributed by atoms with E-state index < -0.39 is 23.9 Å². The molecular weight excluding hydrogens is 651 g/mol. The topological polar surface area (TPSA) is 116 Å². The van der Waals surface area contributed by atoms with E-state index >= 15 is 0 Å². The van der Waals surface area contributed by atoms with Crippen LogP contribution < -0.4 is 15.8 Å². The number of ether oxygens (including phenoxy) is 1. The van der Waals surface area contributed by atoms with Gasteiger partial charge in [-0.2, -0.15) is 5.10 Å². The second kappa shape index (κ2) is 10.8. The van der Waals surface area contributed by atoms with Crippen LogP contribution in [0.1, 0.15) is 16.8 Å². The Kier molecular flexibility index (Phi) is 8.32. The van der Waals surface area contributed by atoms with Crippen LogP contribution in [0.15, 0.2) is 44.5 Å². The highest BCUT2D eigenvalue weighted by atomic mass is 79.9. The Labute approximate surface area is 219 Å². The van der Waals surface area contributed by atoms with E-state index in [1.165, 1.54) is 25.2 Å². The van der Waals surface area contributed by atoms with Crippen molar-refractivity contribution < 1.29 is 19.1 Å². The first-order valence-electron chi connectivity index (χ1n) is 9.17. The number of hydrogen-bond donors (Lipinski definition) is 2. The Morgan fingerprint density at radius 3 is 2.67 bits per heavy atom. The van der Waals surface area contributed by atoms with Crippen molar-refractivity contribution in [3.05, 3.63) is 50.0 Å². The van der Waals surface area contributed by atoms with Gasteiger partial charge < -0.3 is 10.1 Å². The third-order valence-electron chi connectivity index (χ3n) is 4.41. The van der Waals surface area contributed by atoms with E-state index in [0.29, 0.717) is 24.4 Å². The quantitative estimate of drug-likeness (QED) is 0.464. The number of hydrogen-bond acceptors (Lipinski definition) is 7. The van der Waals surface area contributed by atoms with Crippen LogP contribution in [-0.2, 0) is 9.53 Å². The predicted octanol–water partition coefficient (Wildman–Crippen LogP) is 4.53. The smallest absolute Gasteiger partial charge is 0.425 e. The lowest BCUT2D eigenvalue weighted by Gasteiger charge is -2.24. The molecule has 1 aliphatic heterocycles. The maximum atomic E-state index is 13.3. The van der Waals surface area contributed by atoms with Crippen LogP contribution in [0.5, 0.6) is 0 Å². The molecule has 0 bridgehead atoms. The number of methoxy groups -OCH3 is 1. The summed E-state index contributed by atoms with van der Waals surface area (Å²) < 4.78 is 6.08. The fraction of sp³-hybridized carbons (Fsp3) is 0.211. The summed E-state index contributed by atoms with van der Waals surface area (Å²) in [5, 5.41) is 9.82. The number of amides is 3. The summed E-state index contributed by atoms with van der Waals surface area (Å²) in [7, 11) is 2.53. The molecule has 0 radical (unpaired) electrons. The van der Waals surface area contributed by atoms with Gasteiger partial charge in [0, 0.05) is 28.6 Å². The molecule has 1 aromatic heterocycles. The van der Waals surface area contributed by atoms with Crippen LogP contribution in [-0.4, -0.2) is 52.7 Å². The van der Waals surface area contributed by atoms with Crippen molar-refractivity contribution in [2.24, 2.45) is 5.10 Å². The lowest BCUT2D eigenvalue weighted by Crippen LogP contribution is -2.44. The van der Waals surface area contributed by atoms with Crippen LogP contribution in [0.25, 0.3) is 0 Å². The number of carbonyl (C=O) groups is 3. The average molecular weight is 668 g/mol. The van der Waals surface area contributed by atoms with Gasteiger partial charge in [-0.1, -0.05) is 27.5 Å². The second-order valence-electron chi connectivity index (χ2n) is 6.62. The number of carbonyl (C=O) groups excluding carboxylic acids is 3. The number of benzene rings is 1. The molecule has 0 fully saturated rings. The SMILES string of the molecule is COC(=O)NN(C)C(=O)c1cc(Br)cc(Br)c1NC(=O)C1CC(Br)=NN1c1ncccc1Cl. The Balaban J connectivity index is 1.91. The summed E-state index contributed by atoms with van der Waals surface area (Å²) in [4.78, 5) is 42.0. The number of hydrazone groups is 1. The fourth-order valence-corrected chi connectivity index (χ4v) is 4.92. The minimum absolute atomic E-state index is 0.115. The van der Waals surface area contributed by atoms with Gasteiger partial charge in [-0.05, 0) is 56.1 Å². The summed E-state index contributed by atoms with van der Waals surface area (Å²) in [5.74, 6) is -0.719. The molecule has 2 heterocycles. The number of aromatic nitrogens is 1. The van der Waals surface area contributed by atoms with Gasteiger partial charge in [0.25, 0.3) is 5.91 Å². The first kappa shape index (κ1) is 25.4. The molecule has 1 aliphatic rings. The van der Waals surface area contributed by atoms with E-state index in [4.69, 9.17) is 11.6 Å². The third-order valence-corrected chi connectivity index (χ3v) is 6.28. The van der Waals surface area contributed by atoms with E-state index in [2.05, 4.69) is 73.4 Å². The van der Waals surface area contributed by atoms with Crippen LogP contribution in [0, 0.1) is 0 Å². The van der Waals surface area contributed by atoms with Crippen LogP contribution in [0.3, 0.4) is 0 Å². The summed E-state index contributed by atoms with van der Waals surface area (Å²) in [6, 6.07) is 5.73. The largest absolute Gasteiger partial charge is 0.452 e. The van der Waals surface area contributed by atoms with Gasteiger partial charge in [0.05, 0.1) is 23.4 Å². The molecule has 33 heavy (non-hydrogen) atoms. The normalized spacial score (nSPS) is 15.0. The number of nitrogens with one attached hydrogen (secondary N) is 2. The minimum atomic E-state index is -0.818. The molecule has 1 atom stereocenters. The van der Waals surface area contributed by atoms with Crippen molar-refractivity contribution in [3.8, 4) is 0 Å². The molecular formula is C19H16Br3ClN6O4. The van der Waals surface area contributed by atoms with Gasteiger partial charge in [0.15, 0.2) is 5.82 Å². The lowest BCUT2D eigenvalue weighted by atomic mass is 10.1. The number of hydrazine groups is 1. The van der Waals surface area contributed by atoms with E-state index in [-0.39, 0.29) is 17.7 Å². The van der Waals surface area contributed by atoms with Crippen LogP contribution >= 0.6 is 59.4 Å². The van der Waals surface area contributed by atoms with Crippen molar-refractivity contribution >= 4 is 93.4 Å². The van der Waals surface area contributed by atoms with E-state index in [1.54, 1.807) is 24.4 Å². The lowest BCUT2D eigenvalue weighted by molar-refractivity contribution is -0.117. The maximum Gasteiger partial charge on any atom is 0.425 e. The van der Waals surface area contributed by atoms with Crippen molar-refractivity contribution in [3.63, 3.8) is 0 Å². The van der Waals surface area contributed by atoms with E-state index in [0.717, 1.165) is 5.01 Å². The van der Waals surface area contributed by atoms with Crippen molar-refractivity contribution in [2.75, 3.05) is 24.5 Å². The predicted molar refractivity (Wildman–Crippen MR) is 135 cm³/mol. The number of rotatable bonds is 4. The van der Waals surface area contributed by atoms with Gasteiger partial charge in [0.1, 0.15) is 10.7 Å². The zero-order chi connectivity index (χ0) is 24.3. The van der Waals surface area contributed by atoms with E-state index in [9.17, 15) is 14.4 Å². The third kappa shape index (κ3) is 5.83.